The fourth-order valence-corrected chi connectivity index (χ4v) is 4.78. The lowest BCUT2D eigenvalue weighted by molar-refractivity contribution is -0.139. The van der Waals surface area contributed by atoms with Crippen LogP contribution in [0.5, 0.6) is 0 Å². The van der Waals surface area contributed by atoms with Crippen molar-refractivity contribution in [1.29, 1.82) is 0 Å². The van der Waals surface area contributed by atoms with Crippen LogP contribution in [0.4, 0.5) is 4.39 Å². The second kappa shape index (κ2) is 11.2. The molecule has 2 atom stereocenters. The smallest absolute Gasteiger partial charge is 0.305 e. The molecule has 0 spiro atoms. The van der Waals surface area contributed by atoms with Crippen molar-refractivity contribution in [2.75, 3.05) is 6.26 Å². The van der Waals surface area contributed by atoms with E-state index in [1.54, 1.807) is 34.9 Å². The number of aliphatic hydroxyl groups excluding tert-OH is 2. The highest BCUT2D eigenvalue weighted by Crippen LogP contribution is 2.38. The number of aromatic nitrogens is 2. The van der Waals surface area contributed by atoms with Gasteiger partial charge in [0, 0.05) is 35.9 Å². The molecule has 0 radical (unpaired) electrons. The first-order valence-corrected chi connectivity index (χ1v) is 13.2. The highest BCUT2D eigenvalue weighted by Gasteiger charge is 2.25. The Hall–Kier alpha value is -3.34. The second-order valence-corrected chi connectivity index (χ2v) is 10.8. The van der Waals surface area contributed by atoms with Crippen LogP contribution in [0.25, 0.3) is 28.7 Å². The lowest BCUT2D eigenvalue weighted by Crippen LogP contribution is -2.19. The van der Waals surface area contributed by atoms with Crippen LogP contribution in [-0.4, -0.2) is 57.7 Å². The minimum Gasteiger partial charge on any atom is -0.481 e. The third kappa shape index (κ3) is 6.45. The monoisotopic (exact) mass is 516 g/mol. The van der Waals surface area contributed by atoms with Gasteiger partial charge in [-0.25, -0.2) is 17.8 Å². The number of carbonyl (C=O) groups is 1. The Morgan fingerprint density at radius 3 is 2.33 bits per heavy atom. The molecule has 3 N–H and O–H groups in total. The summed E-state index contributed by atoms with van der Waals surface area (Å²) in [7, 11) is -3.64. The van der Waals surface area contributed by atoms with Gasteiger partial charge in [-0.1, -0.05) is 32.0 Å². The minimum atomic E-state index is -3.64. The van der Waals surface area contributed by atoms with Crippen molar-refractivity contribution in [3.8, 4) is 22.5 Å². The quantitative estimate of drug-likeness (QED) is 0.372. The Bertz CT molecular complexity index is 1360. The van der Waals surface area contributed by atoms with Gasteiger partial charge in [0.15, 0.2) is 9.84 Å². The molecule has 0 saturated carbocycles. The molecule has 10 heteroatoms. The van der Waals surface area contributed by atoms with Crippen molar-refractivity contribution in [3.63, 3.8) is 0 Å². The number of imidazole rings is 1. The molecular formula is C26H29FN2O6S. The van der Waals surface area contributed by atoms with E-state index in [-0.39, 0.29) is 17.2 Å². The summed E-state index contributed by atoms with van der Waals surface area (Å²) in [6.45, 7) is 3.81. The molecule has 0 aliphatic rings. The van der Waals surface area contributed by atoms with E-state index in [1.165, 1.54) is 30.5 Å². The summed E-state index contributed by atoms with van der Waals surface area (Å²) in [6, 6.07) is 12.2. The highest BCUT2D eigenvalue weighted by atomic mass is 32.2. The summed E-state index contributed by atoms with van der Waals surface area (Å²) in [5.74, 6) is -1.17. The number of nitrogens with zero attached hydrogens (tertiary/aromatic N) is 2. The number of benzene rings is 2. The van der Waals surface area contributed by atoms with Gasteiger partial charge >= 0.3 is 5.97 Å². The van der Waals surface area contributed by atoms with Gasteiger partial charge in [0.05, 0.1) is 34.9 Å². The number of halogens is 1. The minimum absolute atomic E-state index is 0.0793. The van der Waals surface area contributed by atoms with Crippen LogP contribution in [0.3, 0.4) is 0 Å². The maximum absolute atomic E-state index is 13.7. The molecule has 3 aromatic rings. The molecule has 0 aliphatic carbocycles. The lowest BCUT2D eigenvalue weighted by Gasteiger charge is -2.15. The van der Waals surface area contributed by atoms with Gasteiger partial charge in [0.2, 0.25) is 0 Å². The van der Waals surface area contributed by atoms with Gasteiger partial charge in [0.25, 0.3) is 0 Å². The third-order valence-electron chi connectivity index (χ3n) is 5.50. The van der Waals surface area contributed by atoms with Crippen molar-refractivity contribution >= 4 is 22.0 Å². The maximum atomic E-state index is 13.7. The van der Waals surface area contributed by atoms with Crippen molar-refractivity contribution < 1.29 is 32.9 Å². The number of rotatable bonds is 10. The SMILES string of the molecule is CC(C)c1nc(-c2ccc(F)cc2)c(-c2ccccc2S(C)(=O)=O)n1C=CC(O)CC(O)CC(=O)O. The molecule has 0 bridgehead atoms. The fourth-order valence-electron chi connectivity index (χ4n) is 3.89. The van der Waals surface area contributed by atoms with Crippen LogP contribution in [0.2, 0.25) is 0 Å². The maximum Gasteiger partial charge on any atom is 0.305 e. The molecule has 3 rings (SSSR count). The van der Waals surface area contributed by atoms with E-state index in [1.807, 2.05) is 13.8 Å². The second-order valence-electron chi connectivity index (χ2n) is 8.86. The zero-order valence-electron chi connectivity index (χ0n) is 20.2. The van der Waals surface area contributed by atoms with E-state index in [2.05, 4.69) is 0 Å². The topological polar surface area (TPSA) is 130 Å². The lowest BCUT2D eigenvalue weighted by atomic mass is 10.0. The summed E-state index contributed by atoms with van der Waals surface area (Å²) in [6.07, 6.45) is 0.908. The average molecular weight is 517 g/mol. The third-order valence-corrected chi connectivity index (χ3v) is 6.65. The molecule has 8 nitrogen and oxygen atoms in total. The van der Waals surface area contributed by atoms with E-state index < -0.39 is 40.3 Å². The van der Waals surface area contributed by atoms with Crippen LogP contribution >= 0.6 is 0 Å². The normalized spacial score (nSPS) is 13.9. The predicted octanol–water partition coefficient (Wildman–Crippen LogP) is 3.94. The standard InChI is InChI=1S/C26H29FN2O6S/c1-16(2)26-28-24(17-8-10-18(27)11-9-17)25(21-6-4-5-7-22(21)36(3,34)35)29(26)13-12-19(30)14-20(31)15-23(32)33/h4-13,16,19-20,30-31H,14-15H2,1-3H3,(H,32,33). The molecule has 2 aromatic carbocycles. The first-order valence-electron chi connectivity index (χ1n) is 11.3. The van der Waals surface area contributed by atoms with Crippen LogP contribution in [0.1, 0.15) is 38.4 Å². The van der Waals surface area contributed by atoms with Crippen LogP contribution in [-0.2, 0) is 14.6 Å². The van der Waals surface area contributed by atoms with Gasteiger partial charge < -0.3 is 19.9 Å². The van der Waals surface area contributed by atoms with E-state index in [0.29, 0.717) is 28.3 Å². The number of aliphatic hydroxyl groups is 2. The van der Waals surface area contributed by atoms with Gasteiger partial charge in [-0.15, -0.1) is 0 Å². The average Bonchev–Trinajstić information content (AvgIpc) is 3.16. The molecule has 0 saturated heterocycles. The molecule has 1 heterocycles. The number of aliphatic carboxylic acids is 1. The number of hydrogen-bond acceptors (Lipinski definition) is 6. The van der Waals surface area contributed by atoms with E-state index in [4.69, 9.17) is 10.1 Å². The summed E-state index contributed by atoms with van der Waals surface area (Å²) < 4.78 is 40.6. The van der Waals surface area contributed by atoms with Gasteiger partial charge in [-0.2, -0.15) is 0 Å². The van der Waals surface area contributed by atoms with Crippen molar-refractivity contribution in [2.24, 2.45) is 0 Å². The summed E-state index contributed by atoms with van der Waals surface area (Å²) in [4.78, 5) is 15.7. The molecule has 192 valence electrons. The van der Waals surface area contributed by atoms with E-state index in [9.17, 15) is 27.8 Å². The van der Waals surface area contributed by atoms with Gasteiger partial charge in [0.1, 0.15) is 11.6 Å². The Labute approximate surface area is 209 Å². The number of sulfone groups is 1. The highest BCUT2D eigenvalue weighted by molar-refractivity contribution is 7.90. The summed E-state index contributed by atoms with van der Waals surface area (Å²) in [5, 5.41) is 29.1. The fraction of sp³-hybridized carbons (Fsp3) is 0.308. The zero-order valence-corrected chi connectivity index (χ0v) is 21.0. The molecule has 2 unspecified atom stereocenters. The van der Waals surface area contributed by atoms with Crippen LogP contribution < -0.4 is 0 Å². The van der Waals surface area contributed by atoms with E-state index >= 15 is 0 Å². The molecule has 0 fully saturated rings. The Balaban J connectivity index is 2.24. The van der Waals surface area contributed by atoms with Crippen LogP contribution in [0, 0.1) is 5.82 Å². The Kier molecular flexibility index (Phi) is 8.44. The van der Waals surface area contributed by atoms with E-state index in [0.717, 1.165) is 6.26 Å². The molecule has 0 aliphatic heterocycles. The Morgan fingerprint density at radius 1 is 1.11 bits per heavy atom. The first-order chi connectivity index (χ1) is 16.9. The van der Waals surface area contributed by atoms with Crippen LogP contribution in [0.15, 0.2) is 59.5 Å². The molecule has 36 heavy (non-hydrogen) atoms. The van der Waals surface area contributed by atoms with Gasteiger partial charge in [-0.3, -0.25) is 4.79 Å². The molecule has 1 aromatic heterocycles. The zero-order chi connectivity index (χ0) is 26.6. The summed E-state index contributed by atoms with van der Waals surface area (Å²) in [5.41, 5.74) is 1.81. The predicted molar refractivity (Wildman–Crippen MR) is 134 cm³/mol. The first kappa shape index (κ1) is 27.3. The van der Waals surface area contributed by atoms with Crippen molar-refractivity contribution in [1.82, 2.24) is 9.55 Å². The summed E-state index contributed by atoms with van der Waals surface area (Å²) >= 11 is 0. The number of carboxylic acids is 1. The number of hydrogen-bond donors (Lipinski definition) is 3. The number of carboxylic acid groups (broad SMARTS) is 1. The molecular weight excluding hydrogens is 487 g/mol. The van der Waals surface area contributed by atoms with Crippen molar-refractivity contribution in [3.05, 3.63) is 66.2 Å². The van der Waals surface area contributed by atoms with Crippen molar-refractivity contribution in [2.45, 2.75) is 49.7 Å². The Morgan fingerprint density at radius 2 is 1.75 bits per heavy atom. The largest absolute Gasteiger partial charge is 0.481 e. The van der Waals surface area contributed by atoms with Gasteiger partial charge in [-0.05, 0) is 36.4 Å². The molecule has 0 amide bonds.